The van der Waals surface area contributed by atoms with Crippen LogP contribution in [0.25, 0.3) is 0 Å². The normalized spacial score (nSPS) is 12.0. The van der Waals surface area contributed by atoms with Crippen molar-refractivity contribution in [1.29, 1.82) is 0 Å². The van der Waals surface area contributed by atoms with Gasteiger partial charge < -0.3 is 4.84 Å². The first-order valence-corrected chi connectivity index (χ1v) is 2.41. The Labute approximate surface area is 53.3 Å². The number of oxime groups is 1. The lowest BCUT2D eigenvalue weighted by Crippen LogP contribution is -1.65. The van der Waals surface area contributed by atoms with Gasteiger partial charge in [-0.2, -0.15) is 0 Å². The minimum atomic E-state index is -0.362. The van der Waals surface area contributed by atoms with Crippen LogP contribution >= 0.6 is 0 Å². The predicted molar refractivity (Wildman–Crippen MR) is 34.6 cm³/mol. The van der Waals surface area contributed by atoms with Gasteiger partial charge in [-0.25, -0.2) is 4.39 Å². The highest BCUT2D eigenvalue weighted by atomic mass is 19.1. The van der Waals surface area contributed by atoms with Gasteiger partial charge in [-0.15, -0.1) is 0 Å². The van der Waals surface area contributed by atoms with Crippen LogP contribution in [0.2, 0.25) is 0 Å². The molecule has 0 atom stereocenters. The van der Waals surface area contributed by atoms with Crippen LogP contribution in [0.4, 0.5) is 4.39 Å². The molecule has 0 aliphatic heterocycles. The van der Waals surface area contributed by atoms with E-state index in [0.29, 0.717) is 0 Å². The van der Waals surface area contributed by atoms with Gasteiger partial charge >= 0.3 is 0 Å². The van der Waals surface area contributed by atoms with Crippen molar-refractivity contribution in [3.8, 4) is 0 Å². The Hall–Kier alpha value is -1.12. The Bertz CT molecular complexity index is 140. The second-order valence-corrected chi connectivity index (χ2v) is 1.21. The lowest BCUT2D eigenvalue weighted by atomic mass is 10.5. The molecule has 0 saturated heterocycles. The summed E-state index contributed by atoms with van der Waals surface area (Å²) in [6.45, 7) is 4.60. The van der Waals surface area contributed by atoms with Crippen molar-refractivity contribution >= 4 is 6.72 Å². The zero-order chi connectivity index (χ0) is 7.11. The zero-order valence-corrected chi connectivity index (χ0v) is 5.17. The monoisotopic (exact) mass is 129 g/mol. The second kappa shape index (κ2) is 5.03. The molecule has 0 rings (SSSR count). The standard InChI is InChI=1S/C6H8FNO/c1-3-6(7)4-5-9-8-2/h3-5H,2H2,1H3/b5-4+,6-3+. The number of hydrogen-bond acceptors (Lipinski definition) is 2. The van der Waals surface area contributed by atoms with E-state index in [4.69, 9.17) is 0 Å². The minimum Gasteiger partial charge on any atom is -0.365 e. The quantitative estimate of drug-likeness (QED) is 0.247. The number of halogens is 1. The molecule has 0 aromatic rings. The Morgan fingerprint density at radius 3 is 2.89 bits per heavy atom. The third-order valence-corrected chi connectivity index (χ3v) is 0.638. The maximum Gasteiger partial charge on any atom is 0.125 e. The van der Waals surface area contributed by atoms with E-state index in [-0.39, 0.29) is 5.83 Å². The maximum absolute atomic E-state index is 12.1. The van der Waals surface area contributed by atoms with Gasteiger partial charge in [0.15, 0.2) is 0 Å². The summed E-state index contributed by atoms with van der Waals surface area (Å²) in [5.74, 6) is -0.362. The molecule has 0 saturated carbocycles. The highest BCUT2D eigenvalue weighted by Crippen LogP contribution is 1.96. The summed E-state index contributed by atoms with van der Waals surface area (Å²) in [4.78, 5) is 4.26. The summed E-state index contributed by atoms with van der Waals surface area (Å²) in [7, 11) is 0. The van der Waals surface area contributed by atoms with Gasteiger partial charge in [-0.3, -0.25) is 0 Å². The molecule has 50 valence electrons. The van der Waals surface area contributed by atoms with E-state index in [9.17, 15) is 4.39 Å². The van der Waals surface area contributed by atoms with Crippen LogP contribution in [-0.2, 0) is 4.84 Å². The van der Waals surface area contributed by atoms with Crippen LogP contribution in [0.5, 0.6) is 0 Å². The largest absolute Gasteiger partial charge is 0.365 e. The first-order chi connectivity index (χ1) is 4.31. The van der Waals surface area contributed by atoms with E-state index >= 15 is 0 Å². The minimum absolute atomic E-state index is 0.362. The molecular formula is C6H8FNO. The fourth-order valence-corrected chi connectivity index (χ4v) is 0.235. The van der Waals surface area contributed by atoms with E-state index in [2.05, 4.69) is 16.7 Å². The molecule has 0 fully saturated rings. The molecule has 9 heavy (non-hydrogen) atoms. The third-order valence-electron chi connectivity index (χ3n) is 0.638. The highest BCUT2D eigenvalue weighted by molar-refractivity contribution is 5.21. The summed E-state index contributed by atoms with van der Waals surface area (Å²) >= 11 is 0. The average Bonchev–Trinajstić information content (AvgIpc) is 1.89. The Kier molecular flexibility index (Phi) is 4.40. The second-order valence-electron chi connectivity index (χ2n) is 1.21. The lowest BCUT2D eigenvalue weighted by Gasteiger charge is -1.83. The van der Waals surface area contributed by atoms with Crippen molar-refractivity contribution in [1.82, 2.24) is 0 Å². The van der Waals surface area contributed by atoms with E-state index in [1.807, 2.05) is 0 Å². The van der Waals surface area contributed by atoms with Crippen LogP contribution in [0.1, 0.15) is 6.92 Å². The molecule has 0 aliphatic carbocycles. The van der Waals surface area contributed by atoms with Crippen LogP contribution in [0.3, 0.4) is 0 Å². The molecule has 0 aromatic carbocycles. The van der Waals surface area contributed by atoms with Gasteiger partial charge in [0.2, 0.25) is 0 Å². The van der Waals surface area contributed by atoms with E-state index in [1.165, 1.54) is 6.08 Å². The fraction of sp³-hybridized carbons (Fsp3) is 0.167. The van der Waals surface area contributed by atoms with Crippen LogP contribution < -0.4 is 0 Å². The summed E-state index contributed by atoms with van der Waals surface area (Å²) in [5, 5.41) is 3.01. The van der Waals surface area contributed by atoms with Crippen molar-refractivity contribution in [2.75, 3.05) is 0 Å². The molecule has 2 nitrogen and oxygen atoms in total. The van der Waals surface area contributed by atoms with Gasteiger partial charge in [0.1, 0.15) is 12.1 Å². The molecule has 0 heterocycles. The smallest absolute Gasteiger partial charge is 0.125 e. The molecule has 0 spiro atoms. The molecule has 0 bridgehead atoms. The molecule has 0 radical (unpaired) electrons. The molecule has 0 amide bonds. The van der Waals surface area contributed by atoms with Crippen molar-refractivity contribution in [3.63, 3.8) is 0 Å². The van der Waals surface area contributed by atoms with Crippen molar-refractivity contribution < 1.29 is 9.23 Å². The maximum atomic E-state index is 12.1. The lowest BCUT2D eigenvalue weighted by molar-refractivity contribution is 0.271. The topological polar surface area (TPSA) is 21.6 Å². The first-order valence-electron chi connectivity index (χ1n) is 2.41. The summed E-state index contributed by atoms with van der Waals surface area (Å²) < 4.78 is 12.1. The van der Waals surface area contributed by atoms with E-state index in [0.717, 1.165) is 12.3 Å². The SMILES string of the molecule is C=NO/C=C/C(F)=C\C. The predicted octanol–water partition coefficient (Wildman–Crippen LogP) is 2.01. The average molecular weight is 129 g/mol. The third kappa shape index (κ3) is 4.74. The van der Waals surface area contributed by atoms with Gasteiger partial charge in [0.25, 0.3) is 0 Å². The van der Waals surface area contributed by atoms with Crippen molar-refractivity contribution in [3.05, 3.63) is 24.2 Å². The summed E-state index contributed by atoms with van der Waals surface area (Å²) in [6, 6.07) is 0. The Morgan fingerprint density at radius 1 is 1.78 bits per heavy atom. The van der Waals surface area contributed by atoms with E-state index < -0.39 is 0 Å². The molecule has 0 N–H and O–H groups in total. The van der Waals surface area contributed by atoms with Crippen LogP contribution in [-0.4, -0.2) is 6.72 Å². The number of nitrogens with zero attached hydrogens (tertiary/aromatic N) is 1. The number of allylic oxidation sites excluding steroid dienone is 3. The number of rotatable bonds is 3. The van der Waals surface area contributed by atoms with Gasteiger partial charge in [0, 0.05) is 12.8 Å². The Balaban J connectivity index is 3.56. The molecule has 0 aliphatic rings. The summed E-state index contributed by atoms with van der Waals surface area (Å²) in [5.41, 5.74) is 0. The molecule has 0 aromatic heterocycles. The van der Waals surface area contributed by atoms with Crippen molar-refractivity contribution in [2.45, 2.75) is 6.92 Å². The van der Waals surface area contributed by atoms with Crippen molar-refractivity contribution in [2.24, 2.45) is 5.16 Å². The zero-order valence-electron chi connectivity index (χ0n) is 5.17. The van der Waals surface area contributed by atoms with Crippen LogP contribution in [0, 0.1) is 0 Å². The molecule has 3 heteroatoms. The van der Waals surface area contributed by atoms with Gasteiger partial charge in [-0.1, -0.05) is 11.2 Å². The fourth-order valence-electron chi connectivity index (χ4n) is 0.235. The Morgan fingerprint density at radius 2 is 2.44 bits per heavy atom. The van der Waals surface area contributed by atoms with Gasteiger partial charge in [0.05, 0.1) is 0 Å². The molecular weight excluding hydrogens is 121 g/mol. The van der Waals surface area contributed by atoms with Gasteiger partial charge in [-0.05, 0) is 6.92 Å². The van der Waals surface area contributed by atoms with Crippen LogP contribution in [0.15, 0.2) is 29.4 Å². The molecule has 0 unspecified atom stereocenters. The summed E-state index contributed by atoms with van der Waals surface area (Å²) in [6.07, 6.45) is 3.57. The first kappa shape index (κ1) is 7.88. The van der Waals surface area contributed by atoms with E-state index in [1.54, 1.807) is 6.92 Å². The number of hydrogen-bond donors (Lipinski definition) is 0. The highest BCUT2D eigenvalue weighted by Gasteiger charge is 1.79.